The Morgan fingerprint density at radius 3 is 2.58 bits per heavy atom. The van der Waals surface area contributed by atoms with Crippen LogP contribution in [0.15, 0.2) is 65.7 Å². The number of hydrogen-bond donors (Lipinski definition) is 0. The van der Waals surface area contributed by atoms with Gasteiger partial charge in [-0.1, -0.05) is 36.4 Å². The number of methoxy groups -OCH3 is 1. The Hall–Kier alpha value is -2.81. The van der Waals surface area contributed by atoms with Crippen molar-refractivity contribution in [1.29, 1.82) is 0 Å². The molecule has 0 N–H and O–H groups in total. The van der Waals surface area contributed by atoms with Crippen LogP contribution in [-0.2, 0) is 0 Å². The minimum atomic E-state index is 0.872. The number of nitrogens with zero attached hydrogens (tertiary/aromatic N) is 2. The Kier molecular flexibility index (Phi) is 4.87. The lowest BCUT2D eigenvalue weighted by Gasteiger charge is -2.29. The maximum atomic E-state index is 5.63. The van der Waals surface area contributed by atoms with Crippen molar-refractivity contribution >= 4 is 28.4 Å². The van der Waals surface area contributed by atoms with Crippen LogP contribution in [0.4, 0.5) is 11.4 Å². The van der Waals surface area contributed by atoms with Gasteiger partial charge in [-0.2, -0.15) is 0 Å². The topological polar surface area (TPSA) is 24.8 Å². The van der Waals surface area contributed by atoms with Crippen LogP contribution in [-0.4, -0.2) is 26.4 Å². The van der Waals surface area contributed by atoms with E-state index in [1.165, 1.54) is 30.3 Å². The molecule has 26 heavy (non-hydrogen) atoms. The molecular weight excluding hydrogens is 320 g/mol. The summed E-state index contributed by atoms with van der Waals surface area (Å²) in [4.78, 5) is 7.18. The minimum absolute atomic E-state index is 0.872. The number of rotatable bonds is 4. The fourth-order valence-electron chi connectivity index (χ4n) is 3.62. The lowest BCUT2D eigenvalue weighted by molar-refractivity contribution is 0.414. The molecule has 1 aliphatic heterocycles. The lowest BCUT2D eigenvalue weighted by Crippen LogP contribution is -2.29. The van der Waals surface area contributed by atoms with Gasteiger partial charge in [-0.05, 0) is 42.8 Å². The largest absolute Gasteiger partial charge is 0.496 e. The Morgan fingerprint density at radius 2 is 1.73 bits per heavy atom. The van der Waals surface area contributed by atoms with Crippen molar-refractivity contribution in [2.24, 2.45) is 4.99 Å². The first kappa shape index (κ1) is 16.6. The molecule has 1 heterocycles. The molecule has 1 fully saturated rings. The summed E-state index contributed by atoms with van der Waals surface area (Å²) in [7, 11) is 1.73. The number of aliphatic imine (C=N–C) groups is 1. The monoisotopic (exact) mass is 344 g/mol. The van der Waals surface area contributed by atoms with Gasteiger partial charge in [0.25, 0.3) is 0 Å². The zero-order chi connectivity index (χ0) is 17.8. The predicted octanol–water partition coefficient (Wildman–Crippen LogP) is 5.59. The quantitative estimate of drug-likeness (QED) is 0.576. The van der Waals surface area contributed by atoms with E-state index in [1.807, 2.05) is 18.3 Å². The smallest absolute Gasteiger partial charge is 0.129 e. The summed E-state index contributed by atoms with van der Waals surface area (Å²) < 4.78 is 5.63. The maximum absolute atomic E-state index is 5.63. The van der Waals surface area contributed by atoms with E-state index in [4.69, 9.17) is 9.73 Å². The highest BCUT2D eigenvalue weighted by atomic mass is 16.5. The van der Waals surface area contributed by atoms with Crippen LogP contribution in [0.2, 0.25) is 0 Å². The van der Waals surface area contributed by atoms with Gasteiger partial charge < -0.3 is 9.64 Å². The van der Waals surface area contributed by atoms with Crippen molar-refractivity contribution in [2.75, 3.05) is 25.1 Å². The Labute approximate surface area is 154 Å². The van der Waals surface area contributed by atoms with Crippen LogP contribution < -0.4 is 9.64 Å². The SMILES string of the molecule is COc1cc(N2CCCCC2)ccc1C=Nc1cccc2ccccc12. The highest BCUT2D eigenvalue weighted by Crippen LogP contribution is 2.29. The molecule has 3 aromatic rings. The van der Waals surface area contributed by atoms with E-state index in [1.54, 1.807) is 7.11 Å². The van der Waals surface area contributed by atoms with E-state index in [2.05, 4.69) is 53.4 Å². The molecule has 0 atom stereocenters. The summed E-state index contributed by atoms with van der Waals surface area (Å²) in [6.45, 7) is 2.26. The Morgan fingerprint density at radius 1 is 0.923 bits per heavy atom. The molecule has 0 radical (unpaired) electrons. The van der Waals surface area contributed by atoms with Crippen molar-refractivity contribution in [2.45, 2.75) is 19.3 Å². The molecule has 0 saturated carbocycles. The van der Waals surface area contributed by atoms with Crippen LogP contribution in [0.5, 0.6) is 5.75 Å². The summed E-state index contributed by atoms with van der Waals surface area (Å²) in [5, 5.41) is 2.37. The zero-order valence-electron chi connectivity index (χ0n) is 15.2. The lowest BCUT2D eigenvalue weighted by atomic mass is 10.1. The van der Waals surface area contributed by atoms with E-state index >= 15 is 0 Å². The minimum Gasteiger partial charge on any atom is -0.496 e. The third-order valence-corrected chi connectivity index (χ3v) is 5.05. The average molecular weight is 344 g/mol. The van der Waals surface area contributed by atoms with Crippen molar-refractivity contribution in [3.63, 3.8) is 0 Å². The maximum Gasteiger partial charge on any atom is 0.129 e. The number of piperidine rings is 1. The van der Waals surface area contributed by atoms with E-state index < -0.39 is 0 Å². The predicted molar refractivity (Wildman–Crippen MR) is 110 cm³/mol. The number of anilines is 1. The van der Waals surface area contributed by atoms with E-state index in [0.29, 0.717) is 0 Å². The summed E-state index contributed by atoms with van der Waals surface area (Å²) in [6, 6.07) is 21.0. The van der Waals surface area contributed by atoms with Crippen LogP contribution in [0.25, 0.3) is 10.8 Å². The summed E-state index contributed by atoms with van der Waals surface area (Å²) >= 11 is 0. The van der Waals surface area contributed by atoms with Gasteiger partial charge in [0.15, 0.2) is 0 Å². The Bertz CT molecular complexity index is 921. The first-order valence-electron chi connectivity index (χ1n) is 9.30. The molecule has 3 aromatic carbocycles. The van der Waals surface area contributed by atoms with Crippen LogP contribution >= 0.6 is 0 Å². The normalized spacial score (nSPS) is 14.9. The second kappa shape index (κ2) is 7.61. The first-order chi connectivity index (χ1) is 12.8. The molecule has 0 unspecified atom stereocenters. The molecule has 0 bridgehead atoms. The number of benzene rings is 3. The van der Waals surface area contributed by atoms with Gasteiger partial charge in [-0.15, -0.1) is 0 Å². The standard InChI is InChI=1S/C23H24N2O/c1-26-23-16-20(25-14-5-2-6-15-25)13-12-19(23)17-24-22-11-7-9-18-8-3-4-10-21(18)22/h3-4,7-13,16-17H,2,5-6,14-15H2,1H3. The van der Waals surface area contributed by atoms with Crippen LogP contribution in [0, 0.1) is 0 Å². The third kappa shape index (κ3) is 3.43. The number of ether oxygens (including phenoxy) is 1. The molecular formula is C23H24N2O. The summed E-state index contributed by atoms with van der Waals surface area (Å²) in [6.07, 6.45) is 5.78. The molecule has 0 aliphatic carbocycles. The Balaban J connectivity index is 1.63. The fourth-order valence-corrected chi connectivity index (χ4v) is 3.62. The van der Waals surface area contributed by atoms with Crippen LogP contribution in [0.3, 0.4) is 0 Å². The molecule has 3 heteroatoms. The van der Waals surface area contributed by atoms with Gasteiger partial charge in [0.2, 0.25) is 0 Å². The molecule has 0 spiro atoms. The second-order valence-electron chi connectivity index (χ2n) is 6.73. The molecule has 0 amide bonds. The second-order valence-corrected chi connectivity index (χ2v) is 6.73. The number of fused-ring (bicyclic) bond motifs is 1. The van der Waals surface area contributed by atoms with Gasteiger partial charge in [0.05, 0.1) is 12.8 Å². The van der Waals surface area contributed by atoms with E-state index in [-0.39, 0.29) is 0 Å². The molecule has 3 nitrogen and oxygen atoms in total. The molecule has 132 valence electrons. The summed E-state index contributed by atoms with van der Waals surface area (Å²) in [5.41, 5.74) is 3.22. The molecule has 1 saturated heterocycles. The van der Waals surface area contributed by atoms with Gasteiger partial charge in [-0.25, -0.2) is 0 Å². The highest BCUT2D eigenvalue weighted by molar-refractivity contribution is 5.96. The van der Waals surface area contributed by atoms with E-state index in [9.17, 15) is 0 Å². The molecule has 1 aliphatic rings. The van der Waals surface area contributed by atoms with Gasteiger partial charge in [0, 0.05) is 42.0 Å². The van der Waals surface area contributed by atoms with E-state index in [0.717, 1.165) is 35.5 Å². The fraction of sp³-hybridized carbons (Fsp3) is 0.261. The number of hydrogen-bond acceptors (Lipinski definition) is 3. The van der Waals surface area contributed by atoms with Crippen molar-refractivity contribution < 1.29 is 4.74 Å². The summed E-state index contributed by atoms with van der Waals surface area (Å²) in [5.74, 6) is 0.872. The van der Waals surface area contributed by atoms with Crippen LogP contribution in [0.1, 0.15) is 24.8 Å². The van der Waals surface area contributed by atoms with Gasteiger partial charge in [0.1, 0.15) is 5.75 Å². The first-order valence-corrected chi connectivity index (χ1v) is 9.30. The highest BCUT2D eigenvalue weighted by Gasteiger charge is 2.12. The molecule has 4 rings (SSSR count). The molecule has 0 aromatic heterocycles. The zero-order valence-corrected chi connectivity index (χ0v) is 15.2. The van der Waals surface area contributed by atoms with Gasteiger partial charge >= 0.3 is 0 Å². The van der Waals surface area contributed by atoms with Crippen molar-refractivity contribution in [1.82, 2.24) is 0 Å². The van der Waals surface area contributed by atoms with Gasteiger partial charge in [-0.3, -0.25) is 4.99 Å². The van der Waals surface area contributed by atoms with Crippen molar-refractivity contribution in [3.05, 3.63) is 66.2 Å². The van der Waals surface area contributed by atoms with Crippen molar-refractivity contribution in [3.8, 4) is 5.75 Å². The average Bonchev–Trinajstić information content (AvgIpc) is 2.72. The third-order valence-electron chi connectivity index (χ3n) is 5.05.